The first-order chi connectivity index (χ1) is 9.75. The number of carbonyl (C=O) groups excluding carboxylic acids is 1. The van der Waals surface area contributed by atoms with Gasteiger partial charge in [0.05, 0.1) is 0 Å². The zero-order chi connectivity index (χ0) is 14.2. The van der Waals surface area contributed by atoms with Crippen LogP contribution in [0.25, 0.3) is 0 Å². The van der Waals surface area contributed by atoms with Gasteiger partial charge in [0.2, 0.25) is 0 Å². The van der Waals surface area contributed by atoms with Gasteiger partial charge in [0, 0.05) is 19.3 Å². The molecule has 0 unspecified atom stereocenters. The number of amides is 1. The molecule has 2 N–H and O–H groups in total. The van der Waals surface area contributed by atoms with Crippen molar-refractivity contribution in [3.63, 3.8) is 0 Å². The van der Waals surface area contributed by atoms with Gasteiger partial charge in [0.15, 0.2) is 0 Å². The third-order valence-electron chi connectivity index (χ3n) is 3.04. The fraction of sp³-hybridized carbons (Fsp3) is 0.333. The molecule has 1 aromatic carbocycles. The molecule has 0 aliphatic rings. The molecule has 1 amide bonds. The number of aromatic amines is 1. The molecule has 5 nitrogen and oxygen atoms in total. The van der Waals surface area contributed by atoms with E-state index in [9.17, 15) is 4.79 Å². The van der Waals surface area contributed by atoms with Gasteiger partial charge in [-0.25, -0.2) is 0 Å². The molecular formula is C15H20N4O. The molecule has 0 fully saturated rings. The lowest BCUT2D eigenvalue weighted by Gasteiger charge is -2.16. The fourth-order valence-electron chi connectivity index (χ4n) is 2.00. The van der Waals surface area contributed by atoms with Crippen LogP contribution in [0.5, 0.6) is 0 Å². The number of nitrogens with one attached hydrogen (secondary N) is 2. The summed E-state index contributed by atoms with van der Waals surface area (Å²) in [6.45, 7) is 2.53. The molecule has 20 heavy (non-hydrogen) atoms. The number of hydrogen-bond acceptors (Lipinski definition) is 3. The van der Waals surface area contributed by atoms with E-state index in [1.54, 1.807) is 12.3 Å². The number of aromatic nitrogens is 2. The normalized spacial score (nSPS) is 10.7. The van der Waals surface area contributed by atoms with E-state index in [1.807, 2.05) is 18.2 Å². The summed E-state index contributed by atoms with van der Waals surface area (Å²) in [6, 6.07) is 12.0. The molecule has 5 heteroatoms. The lowest BCUT2D eigenvalue weighted by Crippen LogP contribution is -2.28. The van der Waals surface area contributed by atoms with Gasteiger partial charge in [-0.3, -0.25) is 9.89 Å². The van der Waals surface area contributed by atoms with Gasteiger partial charge in [0.1, 0.15) is 5.69 Å². The van der Waals surface area contributed by atoms with Crippen molar-refractivity contribution in [1.82, 2.24) is 20.4 Å². The van der Waals surface area contributed by atoms with Crippen LogP contribution in [0.3, 0.4) is 0 Å². The molecule has 2 aromatic rings. The highest BCUT2D eigenvalue weighted by atomic mass is 16.1. The fourth-order valence-corrected chi connectivity index (χ4v) is 2.00. The standard InChI is InChI=1S/C15H20N4O/c1-19(12-13-6-3-2-4-7-13)11-5-9-16-15(20)14-8-10-17-18-14/h2-4,6-8,10H,5,9,11-12H2,1H3,(H,16,20)(H,17,18). The van der Waals surface area contributed by atoms with Crippen molar-refractivity contribution in [3.8, 4) is 0 Å². The maximum atomic E-state index is 11.6. The van der Waals surface area contributed by atoms with E-state index in [2.05, 4.69) is 39.6 Å². The summed E-state index contributed by atoms with van der Waals surface area (Å²) >= 11 is 0. The van der Waals surface area contributed by atoms with E-state index in [1.165, 1.54) is 5.56 Å². The monoisotopic (exact) mass is 272 g/mol. The number of hydrogen-bond donors (Lipinski definition) is 2. The maximum Gasteiger partial charge on any atom is 0.269 e. The Labute approximate surface area is 119 Å². The molecule has 2 rings (SSSR count). The van der Waals surface area contributed by atoms with Gasteiger partial charge in [-0.15, -0.1) is 0 Å². The summed E-state index contributed by atoms with van der Waals surface area (Å²) in [7, 11) is 2.09. The highest BCUT2D eigenvalue weighted by molar-refractivity contribution is 5.91. The Hall–Kier alpha value is -2.14. The van der Waals surface area contributed by atoms with E-state index in [-0.39, 0.29) is 5.91 Å². The number of H-pyrrole nitrogens is 1. The maximum absolute atomic E-state index is 11.6. The van der Waals surface area contributed by atoms with E-state index in [0.717, 1.165) is 19.5 Å². The van der Waals surface area contributed by atoms with Gasteiger partial charge in [-0.05, 0) is 31.6 Å². The Morgan fingerprint density at radius 2 is 2.10 bits per heavy atom. The molecule has 0 spiro atoms. The molecule has 0 radical (unpaired) electrons. The largest absolute Gasteiger partial charge is 0.351 e. The van der Waals surface area contributed by atoms with E-state index in [0.29, 0.717) is 12.2 Å². The quantitative estimate of drug-likeness (QED) is 0.754. The lowest BCUT2D eigenvalue weighted by molar-refractivity contribution is 0.0947. The van der Waals surface area contributed by atoms with Gasteiger partial charge < -0.3 is 10.2 Å². The Balaban J connectivity index is 1.62. The van der Waals surface area contributed by atoms with E-state index in [4.69, 9.17) is 0 Å². The van der Waals surface area contributed by atoms with Crippen LogP contribution in [0, 0.1) is 0 Å². The summed E-state index contributed by atoms with van der Waals surface area (Å²) in [5, 5.41) is 9.27. The van der Waals surface area contributed by atoms with Crippen LogP contribution in [-0.2, 0) is 6.54 Å². The van der Waals surface area contributed by atoms with Crippen molar-refractivity contribution >= 4 is 5.91 Å². The van der Waals surface area contributed by atoms with Crippen molar-refractivity contribution < 1.29 is 4.79 Å². The average molecular weight is 272 g/mol. The highest BCUT2D eigenvalue weighted by Crippen LogP contribution is 2.02. The first-order valence-electron chi connectivity index (χ1n) is 6.76. The van der Waals surface area contributed by atoms with Crippen LogP contribution in [0.2, 0.25) is 0 Å². The van der Waals surface area contributed by atoms with Crippen molar-refractivity contribution in [1.29, 1.82) is 0 Å². The smallest absolute Gasteiger partial charge is 0.269 e. The molecule has 0 saturated carbocycles. The number of carbonyl (C=O) groups is 1. The van der Waals surface area contributed by atoms with Crippen molar-refractivity contribution in [3.05, 3.63) is 53.9 Å². The second-order valence-corrected chi connectivity index (χ2v) is 4.80. The minimum atomic E-state index is -0.104. The summed E-state index contributed by atoms with van der Waals surface area (Å²) < 4.78 is 0. The lowest BCUT2D eigenvalue weighted by atomic mass is 10.2. The van der Waals surface area contributed by atoms with E-state index >= 15 is 0 Å². The van der Waals surface area contributed by atoms with Crippen LogP contribution in [0.1, 0.15) is 22.5 Å². The van der Waals surface area contributed by atoms with E-state index < -0.39 is 0 Å². The second-order valence-electron chi connectivity index (χ2n) is 4.80. The van der Waals surface area contributed by atoms with Crippen molar-refractivity contribution in [2.24, 2.45) is 0 Å². The Kier molecular flexibility index (Phi) is 5.32. The zero-order valence-electron chi connectivity index (χ0n) is 11.7. The number of rotatable bonds is 7. The second kappa shape index (κ2) is 7.45. The SMILES string of the molecule is CN(CCCNC(=O)c1ccn[nH]1)Cc1ccccc1. The molecule has 1 heterocycles. The summed E-state index contributed by atoms with van der Waals surface area (Å²) in [5.41, 5.74) is 1.80. The Morgan fingerprint density at radius 3 is 2.80 bits per heavy atom. The molecule has 0 aliphatic heterocycles. The van der Waals surface area contributed by atoms with Crippen LogP contribution in [-0.4, -0.2) is 41.1 Å². The molecule has 0 aliphatic carbocycles. The Morgan fingerprint density at radius 1 is 1.30 bits per heavy atom. The molecule has 1 aromatic heterocycles. The molecule has 0 saturated heterocycles. The van der Waals surface area contributed by atoms with Crippen molar-refractivity contribution in [2.45, 2.75) is 13.0 Å². The third-order valence-corrected chi connectivity index (χ3v) is 3.04. The third kappa shape index (κ3) is 4.51. The summed E-state index contributed by atoms with van der Waals surface area (Å²) in [4.78, 5) is 13.9. The highest BCUT2D eigenvalue weighted by Gasteiger charge is 2.05. The Bertz CT molecular complexity index is 510. The van der Waals surface area contributed by atoms with Crippen LogP contribution in [0.15, 0.2) is 42.6 Å². The molecule has 0 atom stereocenters. The first kappa shape index (κ1) is 14.3. The minimum absolute atomic E-state index is 0.104. The summed E-state index contributed by atoms with van der Waals surface area (Å²) in [5.74, 6) is -0.104. The van der Waals surface area contributed by atoms with Crippen LogP contribution >= 0.6 is 0 Å². The molecule has 106 valence electrons. The molecular weight excluding hydrogens is 252 g/mol. The summed E-state index contributed by atoms with van der Waals surface area (Å²) in [6.07, 6.45) is 2.49. The average Bonchev–Trinajstić information content (AvgIpc) is 2.99. The zero-order valence-corrected chi connectivity index (χ0v) is 11.7. The predicted octanol–water partition coefficient (Wildman–Crippen LogP) is 1.66. The topological polar surface area (TPSA) is 61.0 Å². The van der Waals surface area contributed by atoms with Gasteiger partial charge in [-0.2, -0.15) is 5.10 Å². The van der Waals surface area contributed by atoms with Gasteiger partial charge in [-0.1, -0.05) is 30.3 Å². The minimum Gasteiger partial charge on any atom is -0.351 e. The van der Waals surface area contributed by atoms with Crippen molar-refractivity contribution in [2.75, 3.05) is 20.1 Å². The van der Waals surface area contributed by atoms with Crippen LogP contribution in [0.4, 0.5) is 0 Å². The molecule has 0 bridgehead atoms. The van der Waals surface area contributed by atoms with Crippen LogP contribution < -0.4 is 5.32 Å². The van der Waals surface area contributed by atoms with Gasteiger partial charge >= 0.3 is 0 Å². The predicted molar refractivity (Wildman–Crippen MR) is 78.3 cm³/mol. The number of benzene rings is 1. The number of nitrogens with zero attached hydrogens (tertiary/aromatic N) is 2. The van der Waals surface area contributed by atoms with Gasteiger partial charge in [0.25, 0.3) is 5.91 Å². The first-order valence-corrected chi connectivity index (χ1v) is 6.76.